The van der Waals surface area contributed by atoms with Gasteiger partial charge in [-0.25, -0.2) is 0 Å². The van der Waals surface area contributed by atoms with E-state index in [1.807, 2.05) is 0 Å². The summed E-state index contributed by atoms with van der Waals surface area (Å²) in [6, 6.07) is 10.3. The lowest BCUT2D eigenvalue weighted by atomic mass is 10.1. The molecule has 3 rings (SSSR count). The Bertz CT molecular complexity index is 788. The highest BCUT2D eigenvalue weighted by Gasteiger charge is 2.33. The first-order chi connectivity index (χ1) is 12.8. The molecule has 4 nitrogen and oxygen atoms in total. The molecule has 1 aromatic heterocycles. The fourth-order valence-corrected chi connectivity index (χ4v) is 3.76. The molecule has 0 saturated carbocycles. The van der Waals surface area contributed by atoms with Gasteiger partial charge in [0, 0.05) is 23.5 Å². The maximum atomic E-state index is 12.9. The summed E-state index contributed by atoms with van der Waals surface area (Å²) < 4.78 is 38.6. The Kier molecular flexibility index (Phi) is 5.84. The van der Waals surface area contributed by atoms with E-state index in [4.69, 9.17) is 0 Å². The highest BCUT2D eigenvalue weighted by atomic mass is 32.1. The molecule has 1 aliphatic heterocycles. The van der Waals surface area contributed by atoms with E-state index in [2.05, 4.69) is 0 Å². The van der Waals surface area contributed by atoms with E-state index in [0.717, 1.165) is 17.0 Å². The molecule has 0 N–H and O–H groups in total. The number of rotatable bonds is 6. The maximum Gasteiger partial charge on any atom is 0.406 e. The van der Waals surface area contributed by atoms with Crippen LogP contribution in [0.2, 0.25) is 0 Å². The minimum absolute atomic E-state index is 0.0592. The van der Waals surface area contributed by atoms with Crippen molar-refractivity contribution >= 4 is 28.8 Å². The van der Waals surface area contributed by atoms with Gasteiger partial charge in [0.25, 0.3) is 0 Å². The number of amides is 2. The molecule has 1 fully saturated rings. The average Bonchev–Trinajstić information content (AvgIpc) is 3.25. The Hall–Kier alpha value is -2.35. The monoisotopic (exact) mass is 396 g/mol. The van der Waals surface area contributed by atoms with E-state index >= 15 is 0 Å². The Balaban J connectivity index is 1.67. The number of alkyl halides is 3. The average molecular weight is 396 g/mol. The topological polar surface area (TPSA) is 40.6 Å². The van der Waals surface area contributed by atoms with Gasteiger partial charge in [0.05, 0.1) is 13.0 Å². The van der Waals surface area contributed by atoms with Gasteiger partial charge in [-0.1, -0.05) is 18.2 Å². The molecular formula is C19H19F3N2O2S. The molecule has 0 bridgehead atoms. The number of carbonyl (C=O) groups excluding carboxylic acids is 2. The highest BCUT2D eigenvalue weighted by molar-refractivity contribution is 7.09. The van der Waals surface area contributed by atoms with E-state index in [9.17, 15) is 22.8 Å². The van der Waals surface area contributed by atoms with Crippen LogP contribution in [0.5, 0.6) is 0 Å². The van der Waals surface area contributed by atoms with Gasteiger partial charge in [-0.3, -0.25) is 9.59 Å². The van der Waals surface area contributed by atoms with Crippen molar-refractivity contribution in [1.82, 2.24) is 4.90 Å². The molecule has 144 valence electrons. The number of benzene rings is 1. The van der Waals surface area contributed by atoms with Crippen molar-refractivity contribution in [2.24, 2.45) is 0 Å². The second-order valence-electron chi connectivity index (χ2n) is 6.44. The van der Waals surface area contributed by atoms with Crippen LogP contribution in [0.1, 0.15) is 23.3 Å². The molecule has 1 saturated heterocycles. The molecule has 2 aromatic rings. The third-order valence-electron chi connectivity index (χ3n) is 4.33. The SMILES string of the molecule is O=C(Cc1ccc(N2CCCC2=O)cc1)N(Cc1cccs1)CC(F)(F)F. The van der Waals surface area contributed by atoms with Crippen molar-refractivity contribution in [1.29, 1.82) is 0 Å². The molecule has 8 heteroatoms. The summed E-state index contributed by atoms with van der Waals surface area (Å²) in [5.41, 5.74) is 1.37. The van der Waals surface area contributed by atoms with Crippen LogP contribution in [0.25, 0.3) is 0 Å². The molecule has 1 aliphatic rings. The van der Waals surface area contributed by atoms with Crippen LogP contribution in [0.3, 0.4) is 0 Å². The van der Waals surface area contributed by atoms with Gasteiger partial charge < -0.3 is 9.80 Å². The lowest BCUT2D eigenvalue weighted by molar-refractivity contribution is -0.161. The summed E-state index contributed by atoms with van der Waals surface area (Å²) in [7, 11) is 0. The van der Waals surface area contributed by atoms with Crippen molar-refractivity contribution in [2.45, 2.75) is 32.0 Å². The fraction of sp³-hybridized carbons (Fsp3) is 0.368. The van der Waals surface area contributed by atoms with E-state index in [-0.39, 0.29) is 18.9 Å². The number of hydrogen-bond acceptors (Lipinski definition) is 3. The quantitative estimate of drug-likeness (QED) is 0.740. The Morgan fingerprint density at radius 3 is 2.48 bits per heavy atom. The lowest BCUT2D eigenvalue weighted by Crippen LogP contribution is -2.39. The zero-order valence-corrected chi connectivity index (χ0v) is 15.4. The molecule has 0 unspecified atom stereocenters. The van der Waals surface area contributed by atoms with Crippen LogP contribution in [-0.2, 0) is 22.6 Å². The van der Waals surface area contributed by atoms with Crippen molar-refractivity contribution in [3.8, 4) is 0 Å². The normalized spacial score (nSPS) is 14.6. The van der Waals surface area contributed by atoms with E-state index in [1.165, 1.54) is 11.3 Å². The van der Waals surface area contributed by atoms with Crippen LogP contribution in [0.15, 0.2) is 41.8 Å². The van der Waals surface area contributed by atoms with E-state index in [1.54, 1.807) is 46.7 Å². The number of hydrogen-bond donors (Lipinski definition) is 0. The number of nitrogens with zero attached hydrogens (tertiary/aromatic N) is 2. The van der Waals surface area contributed by atoms with Gasteiger partial charge >= 0.3 is 6.18 Å². The third kappa shape index (κ3) is 5.32. The smallest absolute Gasteiger partial charge is 0.328 e. The number of halogens is 3. The van der Waals surface area contributed by atoms with Gasteiger partial charge in [0.15, 0.2) is 0 Å². The Morgan fingerprint density at radius 1 is 1.19 bits per heavy atom. The first kappa shape index (κ1) is 19.4. The highest BCUT2D eigenvalue weighted by Crippen LogP contribution is 2.23. The molecular weight excluding hydrogens is 377 g/mol. The lowest BCUT2D eigenvalue weighted by Gasteiger charge is -2.23. The van der Waals surface area contributed by atoms with Crippen LogP contribution in [0, 0.1) is 0 Å². The maximum absolute atomic E-state index is 12.9. The summed E-state index contributed by atoms with van der Waals surface area (Å²) in [5.74, 6) is -0.517. The van der Waals surface area contributed by atoms with E-state index in [0.29, 0.717) is 23.4 Å². The number of thiophene rings is 1. The minimum Gasteiger partial charge on any atom is -0.328 e. The van der Waals surface area contributed by atoms with Crippen LogP contribution < -0.4 is 4.90 Å². The number of carbonyl (C=O) groups is 2. The molecule has 2 amide bonds. The van der Waals surface area contributed by atoms with Crippen LogP contribution in [-0.4, -0.2) is 36.0 Å². The molecule has 2 heterocycles. The molecule has 0 aliphatic carbocycles. The second-order valence-corrected chi connectivity index (χ2v) is 7.47. The van der Waals surface area contributed by atoms with E-state index < -0.39 is 18.6 Å². The molecule has 0 atom stereocenters. The third-order valence-corrected chi connectivity index (χ3v) is 5.19. The summed E-state index contributed by atoms with van der Waals surface area (Å²) in [6.45, 7) is -0.669. The fourth-order valence-electron chi connectivity index (χ4n) is 3.04. The van der Waals surface area contributed by atoms with Crippen LogP contribution >= 0.6 is 11.3 Å². The van der Waals surface area contributed by atoms with Gasteiger partial charge in [-0.15, -0.1) is 11.3 Å². The Morgan fingerprint density at radius 2 is 1.93 bits per heavy atom. The summed E-state index contributed by atoms with van der Waals surface area (Å²) in [6.07, 6.45) is -3.23. The summed E-state index contributed by atoms with van der Waals surface area (Å²) in [5, 5.41) is 1.77. The van der Waals surface area contributed by atoms with Gasteiger partial charge in [0.2, 0.25) is 11.8 Å². The second kappa shape index (κ2) is 8.12. The zero-order chi connectivity index (χ0) is 19.4. The zero-order valence-electron chi connectivity index (χ0n) is 14.5. The van der Waals surface area contributed by atoms with Crippen molar-refractivity contribution in [2.75, 3.05) is 18.0 Å². The number of anilines is 1. The molecule has 0 spiro atoms. The molecule has 1 aromatic carbocycles. The van der Waals surface area contributed by atoms with Crippen LogP contribution in [0.4, 0.5) is 18.9 Å². The first-order valence-electron chi connectivity index (χ1n) is 8.58. The van der Waals surface area contributed by atoms with Crippen molar-refractivity contribution in [3.05, 3.63) is 52.2 Å². The largest absolute Gasteiger partial charge is 0.406 e. The molecule has 0 radical (unpaired) electrons. The predicted octanol–water partition coefficient (Wildman–Crippen LogP) is 4.01. The summed E-state index contributed by atoms with van der Waals surface area (Å²) in [4.78, 5) is 27.5. The minimum atomic E-state index is -4.45. The standard InChI is InChI=1S/C19H19F3N2O2S/c20-19(21,22)13-23(12-16-3-2-10-27-16)18(26)11-14-5-7-15(8-6-14)24-9-1-4-17(24)25/h2-3,5-8,10H,1,4,9,11-13H2. The predicted molar refractivity (Wildman–Crippen MR) is 97.5 cm³/mol. The first-order valence-corrected chi connectivity index (χ1v) is 9.46. The Labute approximate surface area is 159 Å². The van der Waals surface area contributed by atoms with Crippen molar-refractivity contribution in [3.63, 3.8) is 0 Å². The van der Waals surface area contributed by atoms with Gasteiger partial charge in [0.1, 0.15) is 6.54 Å². The molecule has 27 heavy (non-hydrogen) atoms. The summed E-state index contributed by atoms with van der Waals surface area (Å²) >= 11 is 1.32. The van der Waals surface area contributed by atoms with Crippen molar-refractivity contribution < 1.29 is 22.8 Å². The van der Waals surface area contributed by atoms with Gasteiger partial charge in [-0.2, -0.15) is 13.2 Å². The van der Waals surface area contributed by atoms with Gasteiger partial charge in [-0.05, 0) is 35.6 Å².